The maximum absolute atomic E-state index is 2.28. The highest BCUT2D eigenvalue weighted by Gasteiger charge is 2.13. The Balaban J connectivity index is 0.000000365. The summed E-state index contributed by atoms with van der Waals surface area (Å²) in [5.74, 6) is 0. The number of hydrogen-bond donors (Lipinski definition) is 0. The first kappa shape index (κ1) is 18.2. The first-order valence-corrected chi connectivity index (χ1v) is 8.86. The van der Waals surface area contributed by atoms with Crippen molar-refractivity contribution in [2.75, 3.05) is 0 Å². The molecule has 0 atom stereocenters. The summed E-state index contributed by atoms with van der Waals surface area (Å²) in [5.41, 5.74) is 3.03. The molecule has 0 aliphatic heterocycles. The monoisotopic (exact) mass is 294 g/mol. The first-order chi connectivity index (χ1) is 10.9. The highest BCUT2D eigenvalue weighted by Crippen LogP contribution is 2.35. The zero-order valence-electron chi connectivity index (χ0n) is 15.0. The van der Waals surface area contributed by atoms with E-state index >= 15 is 0 Å². The standard InChI is InChI=1S/C16H12.3C2H6/c1-3-11-7-9-13-5-2-6-14-10-8-12(4-1)15(11)16(13)14;3*1-2/h1-7,9H,8,10H2;3*1-2H3. The lowest BCUT2D eigenvalue weighted by Gasteiger charge is -2.18. The van der Waals surface area contributed by atoms with E-state index in [9.17, 15) is 0 Å². The quantitative estimate of drug-likeness (QED) is 0.385. The second-order valence-corrected chi connectivity index (χ2v) is 4.60. The third-order valence-corrected chi connectivity index (χ3v) is 3.72. The van der Waals surface area contributed by atoms with Crippen molar-refractivity contribution in [2.45, 2.75) is 54.4 Å². The van der Waals surface area contributed by atoms with Gasteiger partial charge in [0.1, 0.15) is 0 Å². The first-order valence-electron chi connectivity index (χ1n) is 8.86. The molecule has 0 heteroatoms. The SMILES string of the molecule is CC.CC.CC.c1cc2c3c(c1)ccc1cccc(c13)CC2. The van der Waals surface area contributed by atoms with Crippen LogP contribution in [0.3, 0.4) is 0 Å². The minimum absolute atomic E-state index is 1.19. The van der Waals surface area contributed by atoms with E-state index < -0.39 is 0 Å². The Morgan fingerprint density at radius 3 is 1.23 bits per heavy atom. The van der Waals surface area contributed by atoms with Crippen molar-refractivity contribution in [3.63, 3.8) is 0 Å². The lowest BCUT2D eigenvalue weighted by atomic mass is 9.86. The van der Waals surface area contributed by atoms with Crippen molar-refractivity contribution in [3.8, 4) is 0 Å². The van der Waals surface area contributed by atoms with Gasteiger partial charge in [0.2, 0.25) is 0 Å². The molecule has 0 heterocycles. The molecule has 0 amide bonds. The molecule has 0 aromatic heterocycles. The molecule has 0 saturated heterocycles. The molecule has 0 nitrogen and oxygen atoms in total. The van der Waals surface area contributed by atoms with E-state index in [2.05, 4.69) is 48.5 Å². The number of hydrogen-bond acceptors (Lipinski definition) is 0. The molecule has 3 aromatic carbocycles. The molecule has 1 aliphatic carbocycles. The Labute approximate surface area is 136 Å². The molecular weight excluding hydrogens is 264 g/mol. The molecule has 1 aliphatic rings. The topological polar surface area (TPSA) is 0 Å². The largest absolute Gasteiger partial charge is 0.0683 e. The molecule has 22 heavy (non-hydrogen) atoms. The minimum atomic E-state index is 1.19. The summed E-state index contributed by atoms with van der Waals surface area (Å²) in [4.78, 5) is 0. The second-order valence-electron chi connectivity index (χ2n) is 4.60. The fourth-order valence-electron chi connectivity index (χ4n) is 2.99. The number of benzene rings is 3. The number of aryl methyl sites for hydroxylation is 2. The fraction of sp³-hybridized carbons (Fsp3) is 0.364. The summed E-state index contributed by atoms with van der Waals surface area (Å²) in [6.45, 7) is 12.0. The summed E-state index contributed by atoms with van der Waals surface area (Å²) in [6, 6.07) is 17.8. The molecule has 0 fully saturated rings. The maximum Gasteiger partial charge on any atom is -0.00704 e. The van der Waals surface area contributed by atoms with E-state index in [-0.39, 0.29) is 0 Å². The van der Waals surface area contributed by atoms with Crippen LogP contribution in [0.25, 0.3) is 21.5 Å². The average Bonchev–Trinajstić information content (AvgIpc) is 2.65. The predicted octanol–water partition coefficient (Wildman–Crippen LogP) is 7.17. The predicted molar refractivity (Wildman–Crippen MR) is 103 cm³/mol. The van der Waals surface area contributed by atoms with E-state index in [0.717, 1.165) is 0 Å². The molecule has 0 saturated carbocycles. The van der Waals surface area contributed by atoms with Crippen LogP contribution in [0, 0.1) is 0 Å². The van der Waals surface area contributed by atoms with Crippen molar-refractivity contribution < 1.29 is 0 Å². The Hall–Kier alpha value is -1.82. The zero-order valence-corrected chi connectivity index (χ0v) is 15.0. The van der Waals surface area contributed by atoms with E-state index in [0.29, 0.717) is 0 Å². The third kappa shape index (κ3) is 3.32. The Morgan fingerprint density at radius 1 is 0.500 bits per heavy atom. The fourth-order valence-corrected chi connectivity index (χ4v) is 2.99. The highest BCUT2D eigenvalue weighted by atomic mass is 14.2. The molecule has 0 radical (unpaired) electrons. The molecule has 0 spiro atoms. The summed E-state index contributed by atoms with van der Waals surface area (Å²) in [7, 11) is 0. The van der Waals surface area contributed by atoms with E-state index in [1.165, 1.54) is 45.5 Å². The lowest BCUT2D eigenvalue weighted by molar-refractivity contribution is 0.968. The van der Waals surface area contributed by atoms with Crippen LogP contribution in [0.2, 0.25) is 0 Å². The van der Waals surface area contributed by atoms with Crippen LogP contribution < -0.4 is 0 Å². The van der Waals surface area contributed by atoms with Gasteiger partial charge in [0.15, 0.2) is 0 Å². The Morgan fingerprint density at radius 2 is 0.864 bits per heavy atom. The van der Waals surface area contributed by atoms with Crippen LogP contribution >= 0.6 is 0 Å². The van der Waals surface area contributed by atoms with Crippen LogP contribution in [0.1, 0.15) is 52.7 Å². The van der Waals surface area contributed by atoms with Gasteiger partial charge in [-0.15, -0.1) is 0 Å². The molecule has 0 unspecified atom stereocenters. The van der Waals surface area contributed by atoms with Crippen LogP contribution in [-0.4, -0.2) is 0 Å². The van der Waals surface area contributed by atoms with Gasteiger partial charge in [-0.2, -0.15) is 0 Å². The third-order valence-electron chi connectivity index (χ3n) is 3.72. The van der Waals surface area contributed by atoms with Crippen LogP contribution in [0.4, 0.5) is 0 Å². The van der Waals surface area contributed by atoms with Crippen LogP contribution in [-0.2, 0) is 12.8 Å². The van der Waals surface area contributed by atoms with Gasteiger partial charge in [-0.3, -0.25) is 0 Å². The van der Waals surface area contributed by atoms with Crippen molar-refractivity contribution in [3.05, 3.63) is 59.7 Å². The van der Waals surface area contributed by atoms with Gasteiger partial charge in [-0.05, 0) is 45.5 Å². The van der Waals surface area contributed by atoms with Gasteiger partial charge in [0.05, 0.1) is 0 Å². The van der Waals surface area contributed by atoms with Crippen molar-refractivity contribution in [2.24, 2.45) is 0 Å². The summed E-state index contributed by atoms with van der Waals surface area (Å²) in [5, 5.41) is 5.75. The van der Waals surface area contributed by atoms with Crippen LogP contribution in [0.5, 0.6) is 0 Å². The zero-order chi connectivity index (χ0) is 16.5. The molecule has 0 bridgehead atoms. The van der Waals surface area contributed by atoms with Crippen molar-refractivity contribution in [1.29, 1.82) is 0 Å². The smallest absolute Gasteiger partial charge is 0.00704 e. The van der Waals surface area contributed by atoms with E-state index in [1.807, 2.05) is 41.5 Å². The minimum Gasteiger partial charge on any atom is -0.0683 e. The van der Waals surface area contributed by atoms with Gasteiger partial charge in [0, 0.05) is 0 Å². The average molecular weight is 294 g/mol. The van der Waals surface area contributed by atoms with Gasteiger partial charge in [0.25, 0.3) is 0 Å². The van der Waals surface area contributed by atoms with Crippen molar-refractivity contribution >= 4 is 21.5 Å². The highest BCUT2D eigenvalue weighted by molar-refractivity contribution is 6.11. The Kier molecular flexibility index (Phi) is 7.66. The van der Waals surface area contributed by atoms with Gasteiger partial charge >= 0.3 is 0 Å². The van der Waals surface area contributed by atoms with E-state index in [1.54, 1.807) is 0 Å². The summed E-state index contributed by atoms with van der Waals surface area (Å²) < 4.78 is 0. The molecular formula is C22H30. The van der Waals surface area contributed by atoms with Gasteiger partial charge in [-0.1, -0.05) is 90.1 Å². The van der Waals surface area contributed by atoms with Gasteiger partial charge < -0.3 is 0 Å². The molecule has 0 N–H and O–H groups in total. The molecule has 118 valence electrons. The van der Waals surface area contributed by atoms with Crippen LogP contribution in [0.15, 0.2) is 48.5 Å². The maximum atomic E-state index is 2.28. The second kappa shape index (κ2) is 9.25. The molecule has 4 rings (SSSR count). The lowest BCUT2D eigenvalue weighted by Crippen LogP contribution is -2.00. The Bertz CT molecular complexity index is 645. The number of rotatable bonds is 0. The van der Waals surface area contributed by atoms with E-state index in [4.69, 9.17) is 0 Å². The normalized spacial score (nSPS) is 10.8. The van der Waals surface area contributed by atoms with Crippen molar-refractivity contribution in [1.82, 2.24) is 0 Å². The summed E-state index contributed by atoms with van der Waals surface area (Å²) >= 11 is 0. The van der Waals surface area contributed by atoms with Gasteiger partial charge in [-0.25, -0.2) is 0 Å². The molecule has 3 aromatic rings. The summed E-state index contributed by atoms with van der Waals surface area (Å²) in [6.07, 6.45) is 2.38.